The first-order valence-electron chi connectivity index (χ1n) is 12.7. The number of nitrogens with one attached hydrogen (secondary N) is 1. The molecule has 208 valence electrons. The standard InChI is InChI=1S/C30H36FN3O4S/c1-22-11-17-26(18-12-22)34(39(5,37)38)21-28(35)33(20-24-13-15-25(31)16-14-24)27(29(36)32-30(2,3)4)19-23-9-7-6-8-10-23/h6-18,27H,19-21H2,1-5H3,(H,32,36)/t27-/m1/s1. The van der Waals surface area contributed by atoms with Crippen molar-refractivity contribution in [3.8, 4) is 0 Å². The van der Waals surface area contributed by atoms with Gasteiger partial charge in [-0.3, -0.25) is 13.9 Å². The van der Waals surface area contributed by atoms with Crippen LogP contribution in [0.25, 0.3) is 0 Å². The average molecular weight is 554 g/mol. The highest BCUT2D eigenvalue weighted by Crippen LogP contribution is 2.21. The minimum absolute atomic E-state index is 0.0142. The lowest BCUT2D eigenvalue weighted by molar-refractivity contribution is -0.140. The van der Waals surface area contributed by atoms with E-state index in [9.17, 15) is 22.4 Å². The van der Waals surface area contributed by atoms with Crippen LogP contribution in [0.2, 0.25) is 0 Å². The minimum atomic E-state index is -3.84. The molecule has 39 heavy (non-hydrogen) atoms. The number of carbonyl (C=O) groups is 2. The molecule has 0 spiro atoms. The Morgan fingerprint density at radius 3 is 2.03 bits per heavy atom. The molecule has 3 rings (SSSR count). The average Bonchev–Trinajstić information content (AvgIpc) is 2.85. The highest BCUT2D eigenvalue weighted by atomic mass is 32.2. The Kier molecular flexibility index (Phi) is 9.50. The van der Waals surface area contributed by atoms with Gasteiger partial charge in [-0.2, -0.15) is 0 Å². The van der Waals surface area contributed by atoms with Crippen LogP contribution >= 0.6 is 0 Å². The van der Waals surface area contributed by atoms with Gasteiger partial charge in [-0.1, -0.05) is 60.2 Å². The largest absolute Gasteiger partial charge is 0.350 e. The van der Waals surface area contributed by atoms with E-state index in [0.29, 0.717) is 11.3 Å². The normalized spacial score (nSPS) is 12.5. The molecule has 0 radical (unpaired) electrons. The maximum Gasteiger partial charge on any atom is 0.244 e. The molecule has 3 aromatic carbocycles. The highest BCUT2D eigenvalue weighted by molar-refractivity contribution is 7.92. The monoisotopic (exact) mass is 553 g/mol. The third kappa shape index (κ3) is 8.92. The van der Waals surface area contributed by atoms with E-state index in [0.717, 1.165) is 21.7 Å². The Morgan fingerprint density at radius 2 is 1.49 bits per heavy atom. The molecule has 0 saturated carbocycles. The Labute approximate surface area is 230 Å². The number of amides is 2. The SMILES string of the molecule is Cc1ccc(N(CC(=O)N(Cc2ccc(F)cc2)[C@H](Cc2ccccc2)C(=O)NC(C)(C)C)S(C)(=O)=O)cc1. The molecule has 0 aliphatic heterocycles. The summed E-state index contributed by atoms with van der Waals surface area (Å²) in [5.74, 6) is -1.36. The van der Waals surface area contributed by atoms with Crippen LogP contribution in [0.1, 0.15) is 37.5 Å². The molecule has 0 aromatic heterocycles. The highest BCUT2D eigenvalue weighted by Gasteiger charge is 2.34. The number of benzene rings is 3. The van der Waals surface area contributed by atoms with Crippen molar-refractivity contribution in [1.82, 2.24) is 10.2 Å². The van der Waals surface area contributed by atoms with E-state index in [1.165, 1.54) is 17.0 Å². The van der Waals surface area contributed by atoms with Crippen LogP contribution in [0.3, 0.4) is 0 Å². The number of rotatable bonds is 10. The summed E-state index contributed by atoms with van der Waals surface area (Å²) in [5.41, 5.74) is 2.15. The Hall–Kier alpha value is -3.72. The van der Waals surface area contributed by atoms with Crippen molar-refractivity contribution < 1.29 is 22.4 Å². The summed E-state index contributed by atoms with van der Waals surface area (Å²) in [6.45, 7) is 6.90. The fourth-order valence-corrected chi connectivity index (χ4v) is 4.97. The van der Waals surface area contributed by atoms with Crippen LogP contribution in [-0.2, 0) is 32.6 Å². The van der Waals surface area contributed by atoms with Gasteiger partial charge in [0.05, 0.1) is 11.9 Å². The van der Waals surface area contributed by atoms with Crippen LogP contribution in [0, 0.1) is 12.7 Å². The molecule has 3 aromatic rings. The Balaban J connectivity index is 2.06. The molecular weight excluding hydrogens is 517 g/mol. The van der Waals surface area contributed by atoms with E-state index in [4.69, 9.17) is 0 Å². The molecule has 0 aliphatic carbocycles. The van der Waals surface area contributed by atoms with Gasteiger partial charge in [0, 0.05) is 18.5 Å². The first kappa shape index (κ1) is 29.8. The molecule has 7 nitrogen and oxygen atoms in total. The number of hydrogen-bond donors (Lipinski definition) is 1. The molecule has 1 N–H and O–H groups in total. The molecule has 0 fully saturated rings. The second-order valence-corrected chi connectivity index (χ2v) is 12.6. The van der Waals surface area contributed by atoms with Gasteiger partial charge in [-0.25, -0.2) is 12.8 Å². The third-order valence-corrected chi connectivity index (χ3v) is 7.18. The maximum absolute atomic E-state index is 14.0. The van der Waals surface area contributed by atoms with Gasteiger partial charge < -0.3 is 10.2 Å². The van der Waals surface area contributed by atoms with Crippen molar-refractivity contribution in [2.24, 2.45) is 0 Å². The number of hydrogen-bond acceptors (Lipinski definition) is 4. The zero-order valence-electron chi connectivity index (χ0n) is 23.0. The van der Waals surface area contributed by atoms with Crippen molar-refractivity contribution in [2.75, 3.05) is 17.1 Å². The molecule has 0 saturated heterocycles. The van der Waals surface area contributed by atoms with Gasteiger partial charge in [0.2, 0.25) is 21.8 Å². The first-order valence-corrected chi connectivity index (χ1v) is 14.5. The second-order valence-electron chi connectivity index (χ2n) is 10.7. The number of nitrogens with zero attached hydrogens (tertiary/aromatic N) is 2. The first-order chi connectivity index (χ1) is 18.2. The molecule has 0 heterocycles. The third-order valence-electron chi connectivity index (χ3n) is 6.04. The predicted molar refractivity (Wildman–Crippen MR) is 152 cm³/mol. The zero-order chi connectivity index (χ0) is 28.8. The summed E-state index contributed by atoms with van der Waals surface area (Å²) in [6, 6.07) is 20.8. The summed E-state index contributed by atoms with van der Waals surface area (Å²) in [6.07, 6.45) is 1.25. The lowest BCUT2D eigenvalue weighted by Crippen LogP contribution is -2.56. The fourth-order valence-electron chi connectivity index (χ4n) is 4.12. The lowest BCUT2D eigenvalue weighted by Gasteiger charge is -2.35. The van der Waals surface area contributed by atoms with Gasteiger partial charge >= 0.3 is 0 Å². The minimum Gasteiger partial charge on any atom is -0.350 e. The molecule has 0 aliphatic rings. The van der Waals surface area contributed by atoms with Crippen LogP contribution in [-0.4, -0.2) is 49.5 Å². The molecule has 9 heteroatoms. The Morgan fingerprint density at radius 1 is 0.897 bits per heavy atom. The summed E-state index contributed by atoms with van der Waals surface area (Å²) in [4.78, 5) is 29.0. The van der Waals surface area contributed by atoms with Crippen molar-refractivity contribution in [3.05, 3.63) is 101 Å². The molecule has 0 unspecified atom stereocenters. The van der Waals surface area contributed by atoms with E-state index in [2.05, 4.69) is 5.32 Å². The van der Waals surface area contributed by atoms with E-state index in [-0.39, 0.29) is 18.9 Å². The van der Waals surface area contributed by atoms with Gasteiger partial charge in [0.15, 0.2) is 0 Å². The molecule has 1 atom stereocenters. The molecule has 2 amide bonds. The molecule has 0 bridgehead atoms. The summed E-state index contributed by atoms with van der Waals surface area (Å²) in [7, 11) is -3.84. The quantitative estimate of drug-likeness (QED) is 0.402. The van der Waals surface area contributed by atoms with E-state index < -0.39 is 39.9 Å². The second kappa shape index (κ2) is 12.4. The van der Waals surface area contributed by atoms with Gasteiger partial charge in [-0.05, 0) is 63.1 Å². The van der Waals surface area contributed by atoms with Crippen molar-refractivity contribution in [1.29, 1.82) is 0 Å². The number of halogens is 1. The van der Waals surface area contributed by atoms with Crippen molar-refractivity contribution in [3.63, 3.8) is 0 Å². The van der Waals surface area contributed by atoms with E-state index in [1.54, 1.807) is 36.4 Å². The van der Waals surface area contributed by atoms with Gasteiger partial charge in [-0.15, -0.1) is 0 Å². The van der Waals surface area contributed by atoms with E-state index >= 15 is 0 Å². The predicted octanol–water partition coefficient (Wildman–Crippen LogP) is 4.45. The van der Waals surface area contributed by atoms with Gasteiger partial charge in [0.1, 0.15) is 18.4 Å². The van der Waals surface area contributed by atoms with Crippen LogP contribution in [0.5, 0.6) is 0 Å². The summed E-state index contributed by atoms with van der Waals surface area (Å²) < 4.78 is 40.3. The summed E-state index contributed by atoms with van der Waals surface area (Å²) in [5, 5.41) is 2.97. The lowest BCUT2D eigenvalue weighted by atomic mass is 10.0. The zero-order valence-corrected chi connectivity index (χ0v) is 23.8. The van der Waals surface area contributed by atoms with Crippen molar-refractivity contribution >= 4 is 27.5 Å². The van der Waals surface area contributed by atoms with Crippen molar-refractivity contribution in [2.45, 2.75) is 52.2 Å². The fraction of sp³-hybridized carbons (Fsp3) is 0.333. The van der Waals surface area contributed by atoms with Crippen LogP contribution in [0.4, 0.5) is 10.1 Å². The van der Waals surface area contributed by atoms with Crippen LogP contribution in [0.15, 0.2) is 78.9 Å². The number of anilines is 1. The maximum atomic E-state index is 14.0. The number of sulfonamides is 1. The number of carbonyl (C=O) groups excluding carboxylic acids is 2. The smallest absolute Gasteiger partial charge is 0.244 e. The molecular formula is C30H36FN3O4S. The Bertz CT molecular complexity index is 1370. The van der Waals surface area contributed by atoms with E-state index in [1.807, 2.05) is 58.0 Å². The van der Waals surface area contributed by atoms with Gasteiger partial charge in [0.25, 0.3) is 0 Å². The van der Waals surface area contributed by atoms with Crippen LogP contribution < -0.4 is 9.62 Å². The summed E-state index contributed by atoms with van der Waals surface area (Å²) >= 11 is 0. The topological polar surface area (TPSA) is 86.8 Å². The number of aryl methyl sites for hydroxylation is 1.